The van der Waals surface area contributed by atoms with E-state index in [1.807, 2.05) is 25.1 Å². The molecule has 1 aliphatic carbocycles. The van der Waals surface area contributed by atoms with Crippen molar-refractivity contribution in [3.63, 3.8) is 0 Å². The summed E-state index contributed by atoms with van der Waals surface area (Å²) >= 11 is 0. The fourth-order valence-electron chi connectivity index (χ4n) is 2.16. The van der Waals surface area contributed by atoms with Crippen LogP contribution in [-0.4, -0.2) is 23.9 Å². The molecule has 1 aromatic carbocycles. The Morgan fingerprint density at radius 1 is 1.56 bits per heavy atom. The molecule has 0 aliphatic heterocycles. The van der Waals surface area contributed by atoms with Gasteiger partial charge in [0.05, 0.1) is 12.5 Å². The van der Waals surface area contributed by atoms with E-state index in [9.17, 15) is 4.79 Å². The van der Waals surface area contributed by atoms with E-state index in [0.29, 0.717) is 13.1 Å². The highest BCUT2D eigenvalue weighted by atomic mass is 16.2. The van der Waals surface area contributed by atoms with Gasteiger partial charge in [-0.2, -0.15) is 0 Å². The maximum Gasteiger partial charge on any atom is 0.231 e. The van der Waals surface area contributed by atoms with Gasteiger partial charge in [0.2, 0.25) is 5.91 Å². The molecule has 1 atom stereocenters. The summed E-state index contributed by atoms with van der Waals surface area (Å²) in [4.78, 5) is 13.9. The van der Waals surface area contributed by atoms with Crippen LogP contribution >= 0.6 is 0 Å². The van der Waals surface area contributed by atoms with Gasteiger partial charge >= 0.3 is 0 Å². The van der Waals surface area contributed by atoms with Crippen molar-refractivity contribution in [3.05, 3.63) is 35.4 Å². The Labute approximate surface area is 96.3 Å². The lowest BCUT2D eigenvalue weighted by molar-refractivity contribution is -0.132. The van der Waals surface area contributed by atoms with Gasteiger partial charge in [0.25, 0.3) is 0 Å². The molecule has 0 radical (unpaired) electrons. The Morgan fingerprint density at radius 3 is 2.94 bits per heavy atom. The molecular weight excluding hydrogens is 198 g/mol. The number of likely N-dealkylation sites (N-methyl/N-ethyl adjacent to an activating group) is 1. The zero-order valence-corrected chi connectivity index (χ0v) is 9.44. The van der Waals surface area contributed by atoms with Crippen LogP contribution in [0.2, 0.25) is 0 Å². The minimum atomic E-state index is 0.0319. The molecule has 2 rings (SSSR count). The summed E-state index contributed by atoms with van der Waals surface area (Å²) in [6.07, 6.45) is 6.11. The minimum absolute atomic E-state index is 0.0319. The van der Waals surface area contributed by atoms with Crippen LogP contribution in [0.25, 0.3) is 0 Å². The summed E-state index contributed by atoms with van der Waals surface area (Å²) in [5.74, 6) is 2.73. The monoisotopic (exact) mass is 213 g/mol. The standard InChI is InChI=1S/C14H15NO/c1-3-9-15(4-2)14(16)13-10-11-7-5-6-8-12(11)13/h1,5-8,13H,4,9-10H2,2H3. The normalized spacial score (nSPS) is 16.9. The van der Waals surface area contributed by atoms with Gasteiger partial charge in [-0.05, 0) is 24.5 Å². The van der Waals surface area contributed by atoms with E-state index >= 15 is 0 Å². The van der Waals surface area contributed by atoms with Crippen molar-refractivity contribution < 1.29 is 4.79 Å². The molecule has 1 amide bonds. The highest BCUT2D eigenvalue weighted by molar-refractivity contribution is 5.87. The first-order chi connectivity index (χ1) is 7.77. The molecule has 0 spiro atoms. The van der Waals surface area contributed by atoms with Crippen molar-refractivity contribution in [2.75, 3.05) is 13.1 Å². The Kier molecular flexibility index (Phi) is 2.96. The number of amides is 1. The number of terminal acetylenes is 1. The van der Waals surface area contributed by atoms with Gasteiger partial charge in [-0.3, -0.25) is 4.79 Å². The van der Waals surface area contributed by atoms with Crippen molar-refractivity contribution in [2.45, 2.75) is 19.3 Å². The summed E-state index contributed by atoms with van der Waals surface area (Å²) in [7, 11) is 0. The van der Waals surface area contributed by atoms with Crippen LogP contribution in [0.5, 0.6) is 0 Å². The van der Waals surface area contributed by atoms with Crippen molar-refractivity contribution in [1.82, 2.24) is 4.90 Å². The molecule has 0 saturated carbocycles. The lowest BCUT2D eigenvalue weighted by Gasteiger charge is -2.32. The molecule has 82 valence electrons. The number of carbonyl (C=O) groups excluding carboxylic acids is 1. The third-order valence-corrected chi connectivity index (χ3v) is 3.13. The number of carbonyl (C=O) groups is 1. The van der Waals surface area contributed by atoms with Gasteiger partial charge in [-0.1, -0.05) is 30.2 Å². The third kappa shape index (κ3) is 1.69. The summed E-state index contributed by atoms with van der Waals surface area (Å²) in [5.41, 5.74) is 2.46. The van der Waals surface area contributed by atoms with E-state index in [1.54, 1.807) is 4.90 Å². The summed E-state index contributed by atoms with van der Waals surface area (Å²) < 4.78 is 0. The van der Waals surface area contributed by atoms with Gasteiger partial charge in [0, 0.05) is 6.54 Å². The lowest BCUT2D eigenvalue weighted by atomic mass is 9.77. The predicted molar refractivity (Wildman–Crippen MR) is 64.0 cm³/mol. The highest BCUT2D eigenvalue weighted by Gasteiger charge is 2.33. The Morgan fingerprint density at radius 2 is 2.31 bits per heavy atom. The average molecular weight is 213 g/mol. The van der Waals surface area contributed by atoms with Crippen LogP contribution in [-0.2, 0) is 11.2 Å². The minimum Gasteiger partial charge on any atom is -0.331 e. The number of hydrogen-bond acceptors (Lipinski definition) is 1. The number of fused-ring (bicyclic) bond motifs is 1. The Hall–Kier alpha value is -1.75. The molecule has 0 aromatic heterocycles. The first-order valence-electron chi connectivity index (χ1n) is 5.58. The van der Waals surface area contributed by atoms with Crippen molar-refractivity contribution in [1.29, 1.82) is 0 Å². The zero-order valence-electron chi connectivity index (χ0n) is 9.44. The molecule has 16 heavy (non-hydrogen) atoms. The maximum absolute atomic E-state index is 12.1. The van der Waals surface area contributed by atoms with Crippen LogP contribution in [0.15, 0.2) is 24.3 Å². The first-order valence-corrected chi connectivity index (χ1v) is 5.58. The van der Waals surface area contributed by atoms with Crippen LogP contribution in [0.3, 0.4) is 0 Å². The van der Waals surface area contributed by atoms with Gasteiger partial charge in [0.15, 0.2) is 0 Å². The topological polar surface area (TPSA) is 20.3 Å². The predicted octanol–water partition coefficient (Wildman–Crippen LogP) is 1.81. The van der Waals surface area contributed by atoms with E-state index in [4.69, 9.17) is 6.42 Å². The van der Waals surface area contributed by atoms with E-state index in [1.165, 1.54) is 11.1 Å². The van der Waals surface area contributed by atoms with Gasteiger partial charge in [-0.15, -0.1) is 6.42 Å². The van der Waals surface area contributed by atoms with E-state index < -0.39 is 0 Å². The van der Waals surface area contributed by atoms with E-state index in [0.717, 1.165) is 6.42 Å². The molecule has 0 saturated heterocycles. The van der Waals surface area contributed by atoms with Crippen LogP contribution in [0.1, 0.15) is 24.0 Å². The zero-order chi connectivity index (χ0) is 11.5. The van der Waals surface area contributed by atoms with E-state index in [-0.39, 0.29) is 11.8 Å². The number of rotatable bonds is 3. The second-order valence-electron chi connectivity index (χ2n) is 4.01. The Balaban J connectivity index is 2.12. The smallest absolute Gasteiger partial charge is 0.231 e. The number of nitrogens with zero attached hydrogens (tertiary/aromatic N) is 1. The van der Waals surface area contributed by atoms with Gasteiger partial charge in [-0.25, -0.2) is 0 Å². The maximum atomic E-state index is 12.1. The molecule has 1 aliphatic rings. The van der Waals surface area contributed by atoms with Crippen molar-refractivity contribution in [3.8, 4) is 12.3 Å². The molecule has 2 nitrogen and oxygen atoms in total. The fraction of sp³-hybridized carbons (Fsp3) is 0.357. The third-order valence-electron chi connectivity index (χ3n) is 3.13. The molecule has 0 heterocycles. The fourth-order valence-corrected chi connectivity index (χ4v) is 2.16. The van der Waals surface area contributed by atoms with Crippen molar-refractivity contribution in [2.24, 2.45) is 0 Å². The van der Waals surface area contributed by atoms with Crippen molar-refractivity contribution >= 4 is 5.91 Å². The first kappa shape index (κ1) is 10.8. The van der Waals surface area contributed by atoms with E-state index in [2.05, 4.69) is 12.0 Å². The quantitative estimate of drug-likeness (QED) is 0.701. The largest absolute Gasteiger partial charge is 0.331 e. The molecular formula is C14H15NO. The highest BCUT2D eigenvalue weighted by Crippen LogP contribution is 2.35. The second-order valence-corrected chi connectivity index (χ2v) is 4.01. The summed E-state index contributed by atoms with van der Waals surface area (Å²) in [6, 6.07) is 8.11. The van der Waals surface area contributed by atoms with Gasteiger partial charge < -0.3 is 4.90 Å². The van der Waals surface area contributed by atoms with Crippen LogP contribution in [0.4, 0.5) is 0 Å². The number of benzene rings is 1. The average Bonchev–Trinajstić information content (AvgIpc) is 2.27. The SMILES string of the molecule is C#CCN(CC)C(=O)C1Cc2ccccc21. The molecule has 0 bridgehead atoms. The van der Waals surface area contributed by atoms with Crippen LogP contribution < -0.4 is 0 Å². The number of hydrogen-bond donors (Lipinski definition) is 0. The second kappa shape index (κ2) is 4.40. The molecule has 0 N–H and O–H groups in total. The molecule has 1 unspecified atom stereocenters. The summed E-state index contributed by atoms with van der Waals surface area (Å²) in [5, 5.41) is 0. The molecule has 1 aromatic rings. The van der Waals surface area contributed by atoms with Gasteiger partial charge in [0.1, 0.15) is 0 Å². The Bertz CT molecular complexity index is 444. The van der Waals surface area contributed by atoms with Crippen LogP contribution in [0, 0.1) is 12.3 Å². The molecule has 2 heteroatoms. The molecule has 0 fully saturated rings. The lowest BCUT2D eigenvalue weighted by Crippen LogP contribution is -2.39. The summed E-state index contributed by atoms with van der Waals surface area (Å²) in [6.45, 7) is 3.05.